The molecule has 1 fully saturated rings. The van der Waals surface area contributed by atoms with E-state index in [-0.39, 0.29) is 18.9 Å². The van der Waals surface area contributed by atoms with Gasteiger partial charge in [0.2, 0.25) is 5.78 Å². The summed E-state index contributed by atoms with van der Waals surface area (Å²) in [4.78, 5) is 26.7. The van der Waals surface area contributed by atoms with Crippen LogP contribution in [0.1, 0.15) is 10.5 Å². The summed E-state index contributed by atoms with van der Waals surface area (Å²) in [5.41, 5.74) is -1.25. The van der Waals surface area contributed by atoms with Gasteiger partial charge in [0.15, 0.2) is 5.41 Å². The number of carboxylic acids is 1. The second-order valence-corrected chi connectivity index (χ2v) is 3.42. The first-order valence-corrected chi connectivity index (χ1v) is 4.44. The second kappa shape index (κ2) is 3.43. The first kappa shape index (κ1) is 9.79. The van der Waals surface area contributed by atoms with Crippen LogP contribution in [-0.4, -0.2) is 35.1 Å². The van der Waals surface area contributed by atoms with Crippen molar-refractivity contribution in [3.63, 3.8) is 0 Å². The SMILES string of the molecule is O=C(O)C1(C(=O)c2ccccn2)COC1. The van der Waals surface area contributed by atoms with Gasteiger partial charge in [-0.1, -0.05) is 6.07 Å². The number of aromatic nitrogens is 1. The number of carbonyl (C=O) groups excluding carboxylic acids is 1. The average Bonchev–Trinajstić information content (AvgIpc) is 2.16. The highest BCUT2D eigenvalue weighted by Crippen LogP contribution is 2.31. The Morgan fingerprint density at radius 1 is 1.40 bits per heavy atom. The lowest BCUT2D eigenvalue weighted by Crippen LogP contribution is -2.55. The molecule has 1 N–H and O–H groups in total. The minimum absolute atomic E-state index is 0.0717. The predicted octanol–water partition coefficient (Wildman–Crippen LogP) is 0.365. The average molecular weight is 207 g/mol. The fourth-order valence-electron chi connectivity index (χ4n) is 1.40. The van der Waals surface area contributed by atoms with E-state index in [1.165, 1.54) is 12.3 Å². The molecule has 0 radical (unpaired) electrons. The Morgan fingerprint density at radius 3 is 2.53 bits per heavy atom. The Morgan fingerprint density at radius 2 is 2.13 bits per heavy atom. The Kier molecular flexibility index (Phi) is 2.24. The Labute approximate surface area is 85.7 Å². The van der Waals surface area contributed by atoms with Crippen LogP contribution >= 0.6 is 0 Å². The van der Waals surface area contributed by atoms with E-state index in [2.05, 4.69) is 4.98 Å². The van der Waals surface area contributed by atoms with Gasteiger partial charge in [0.05, 0.1) is 13.2 Å². The van der Waals surface area contributed by atoms with E-state index in [9.17, 15) is 9.59 Å². The van der Waals surface area contributed by atoms with Crippen LogP contribution < -0.4 is 0 Å². The number of Topliss-reactive ketones (excluding diaryl/α,β-unsaturated/α-hetero) is 1. The maximum atomic E-state index is 11.9. The number of nitrogens with zero attached hydrogens (tertiary/aromatic N) is 1. The van der Waals surface area contributed by atoms with Gasteiger partial charge in [-0.05, 0) is 12.1 Å². The van der Waals surface area contributed by atoms with E-state index >= 15 is 0 Å². The minimum atomic E-state index is -1.42. The molecular formula is C10H9NO4. The van der Waals surface area contributed by atoms with Crippen molar-refractivity contribution < 1.29 is 19.4 Å². The maximum Gasteiger partial charge on any atom is 0.322 e. The molecule has 0 saturated carbocycles. The molecule has 1 aromatic rings. The number of aliphatic carboxylic acids is 1. The summed E-state index contributed by atoms with van der Waals surface area (Å²) in [6.45, 7) is -0.143. The lowest BCUT2D eigenvalue weighted by atomic mass is 9.80. The molecule has 5 heteroatoms. The molecule has 0 amide bonds. The molecule has 1 saturated heterocycles. The lowest BCUT2D eigenvalue weighted by Gasteiger charge is -2.35. The quantitative estimate of drug-likeness (QED) is 0.572. The molecule has 78 valence electrons. The van der Waals surface area contributed by atoms with Crippen LogP contribution in [0.2, 0.25) is 0 Å². The predicted molar refractivity (Wildman–Crippen MR) is 49.5 cm³/mol. The third kappa shape index (κ3) is 1.41. The van der Waals surface area contributed by atoms with Gasteiger partial charge < -0.3 is 9.84 Å². The van der Waals surface area contributed by atoms with Gasteiger partial charge in [-0.15, -0.1) is 0 Å². The molecule has 1 aromatic heterocycles. The molecule has 2 heterocycles. The molecule has 5 nitrogen and oxygen atoms in total. The van der Waals surface area contributed by atoms with E-state index in [1.54, 1.807) is 12.1 Å². The highest BCUT2D eigenvalue weighted by Gasteiger charge is 2.53. The van der Waals surface area contributed by atoms with Gasteiger partial charge in [0, 0.05) is 6.20 Å². The molecule has 2 rings (SSSR count). The number of ketones is 1. The summed E-state index contributed by atoms with van der Waals surface area (Å²) in [5, 5.41) is 8.99. The molecule has 0 aromatic carbocycles. The van der Waals surface area contributed by atoms with Gasteiger partial charge in [-0.3, -0.25) is 14.6 Å². The van der Waals surface area contributed by atoms with Gasteiger partial charge in [-0.2, -0.15) is 0 Å². The van der Waals surface area contributed by atoms with Gasteiger partial charge in [0.25, 0.3) is 0 Å². The number of hydrogen-bond acceptors (Lipinski definition) is 4. The fraction of sp³-hybridized carbons (Fsp3) is 0.300. The number of carboxylic acid groups (broad SMARTS) is 1. The van der Waals surface area contributed by atoms with Crippen molar-refractivity contribution in [2.75, 3.05) is 13.2 Å². The third-order valence-corrected chi connectivity index (χ3v) is 2.44. The highest BCUT2D eigenvalue weighted by molar-refractivity contribution is 6.12. The lowest BCUT2D eigenvalue weighted by molar-refractivity contribution is -0.169. The smallest absolute Gasteiger partial charge is 0.322 e. The van der Waals surface area contributed by atoms with Crippen molar-refractivity contribution in [3.8, 4) is 0 Å². The van der Waals surface area contributed by atoms with Crippen molar-refractivity contribution in [3.05, 3.63) is 30.1 Å². The van der Waals surface area contributed by atoms with Gasteiger partial charge in [0.1, 0.15) is 5.69 Å². The van der Waals surface area contributed by atoms with Crippen LogP contribution in [0.5, 0.6) is 0 Å². The number of rotatable bonds is 3. The van der Waals surface area contributed by atoms with Crippen LogP contribution in [0.4, 0.5) is 0 Å². The van der Waals surface area contributed by atoms with Crippen molar-refractivity contribution in [2.24, 2.45) is 5.41 Å². The molecule has 0 unspecified atom stereocenters. The van der Waals surface area contributed by atoms with Crippen molar-refractivity contribution in [2.45, 2.75) is 0 Å². The summed E-state index contributed by atoms with van der Waals surface area (Å²) in [7, 11) is 0. The zero-order valence-corrected chi connectivity index (χ0v) is 7.84. The summed E-state index contributed by atoms with van der Waals surface area (Å²) in [5.74, 6) is -1.63. The van der Waals surface area contributed by atoms with Crippen LogP contribution in [-0.2, 0) is 9.53 Å². The van der Waals surface area contributed by atoms with Gasteiger partial charge >= 0.3 is 5.97 Å². The molecule has 1 aliphatic heterocycles. The topological polar surface area (TPSA) is 76.5 Å². The van der Waals surface area contributed by atoms with Crippen molar-refractivity contribution in [1.82, 2.24) is 4.98 Å². The van der Waals surface area contributed by atoms with Crippen LogP contribution in [0.25, 0.3) is 0 Å². The van der Waals surface area contributed by atoms with E-state index in [0.29, 0.717) is 0 Å². The fourth-order valence-corrected chi connectivity index (χ4v) is 1.40. The molecular weight excluding hydrogens is 198 g/mol. The maximum absolute atomic E-state index is 11.9. The zero-order valence-electron chi connectivity index (χ0n) is 7.84. The highest BCUT2D eigenvalue weighted by atomic mass is 16.5. The Hall–Kier alpha value is -1.75. The zero-order chi connectivity index (χ0) is 10.9. The third-order valence-electron chi connectivity index (χ3n) is 2.44. The van der Waals surface area contributed by atoms with Gasteiger partial charge in [-0.25, -0.2) is 0 Å². The number of pyridine rings is 1. The molecule has 0 aliphatic carbocycles. The van der Waals surface area contributed by atoms with E-state index in [0.717, 1.165) is 0 Å². The van der Waals surface area contributed by atoms with Crippen LogP contribution in [0.3, 0.4) is 0 Å². The second-order valence-electron chi connectivity index (χ2n) is 3.42. The van der Waals surface area contributed by atoms with E-state index < -0.39 is 17.2 Å². The number of hydrogen-bond donors (Lipinski definition) is 1. The molecule has 0 bridgehead atoms. The molecule has 0 atom stereocenters. The van der Waals surface area contributed by atoms with Crippen molar-refractivity contribution >= 4 is 11.8 Å². The summed E-state index contributed by atoms with van der Waals surface area (Å²) in [6, 6.07) is 4.82. The minimum Gasteiger partial charge on any atom is -0.480 e. The van der Waals surface area contributed by atoms with E-state index in [1.807, 2.05) is 0 Å². The first-order chi connectivity index (χ1) is 7.17. The summed E-state index contributed by atoms with van der Waals surface area (Å²) >= 11 is 0. The standard InChI is InChI=1S/C10H9NO4/c12-8(7-3-1-2-4-11-7)10(9(13)14)5-15-6-10/h1-4H,5-6H2,(H,13,14). The first-order valence-electron chi connectivity index (χ1n) is 4.44. The van der Waals surface area contributed by atoms with E-state index in [4.69, 9.17) is 9.84 Å². The number of ether oxygens (including phenoxy) is 1. The monoisotopic (exact) mass is 207 g/mol. The summed E-state index contributed by atoms with van der Waals surface area (Å²) in [6.07, 6.45) is 1.46. The normalized spacial score (nSPS) is 17.9. The van der Waals surface area contributed by atoms with Crippen LogP contribution in [0, 0.1) is 5.41 Å². The largest absolute Gasteiger partial charge is 0.480 e. The molecule has 15 heavy (non-hydrogen) atoms. The van der Waals surface area contributed by atoms with Crippen LogP contribution in [0.15, 0.2) is 24.4 Å². The molecule has 1 aliphatic rings. The molecule has 0 spiro atoms. The Bertz CT molecular complexity index is 397. The summed E-state index contributed by atoms with van der Waals surface area (Å²) < 4.78 is 4.81. The Balaban J connectivity index is 2.32. The van der Waals surface area contributed by atoms with Crippen molar-refractivity contribution in [1.29, 1.82) is 0 Å². The number of carbonyl (C=O) groups is 2.